The third kappa shape index (κ3) is 5.80. The number of aryl methyl sites for hydroxylation is 3. The molecule has 14 nitrogen and oxygen atoms in total. The van der Waals surface area contributed by atoms with Crippen LogP contribution in [-0.2, 0) is 41.3 Å². The maximum Gasteiger partial charge on any atom is 0.419 e. The van der Waals surface area contributed by atoms with Crippen molar-refractivity contribution in [1.82, 2.24) is 33.2 Å². The van der Waals surface area contributed by atoms with E-state index in [9.17, 15) is 19.2 Å². The average Bonchev–Trinajstić information content (AvgIpc) is 3.50. The quantitative estimate of drug-likeness (QED) is 0.266. The minimum atomic E-state index is -0.792. The van der Waals surface area contributed by atoms with Gasteiger partial charge in [0, 0.05) is 37.1 Å². The number of halogens is 1. The number of hydrogen-bond acceptors (Lipinski definition) is 10. The zero-order valence-corrected chi connectivity index (χ0v) is 25.8. The number of ether oxygens (including phenoxy) is 2. The predicted molar refractivity (Wildman–Crippen MR) is 164 cm³/mol. The van der Waals surface area contributed by atoms with Crippen LogP contribution in [0.2, 0.25) is 5.02 Å². The van der Waals surface area contributed by atoms with Crippen molar-refractivity contribution < 1.29 is 19.1 Å². The highest BCUT2D eigenvalue weighted by Gasteiger charge is 2.25. The number of hydrogen-bond donors (Lipinski definition) is 1. The van der Waals surface area contributed by atoms with Gasteiger partial charge in [0.15, 0.2) is 11.2 Å². The Bertz CT molecular complexity index is 2050. The second-order valence-corrected chi connectivity index (χ2v) is 11.5. The molecule has 1 aromatic carbocycles. The summed E-state index contributed by atoms with van der Waals surface area (Å²) in [7, 11) is 4.45. The first-order chi connectivity index (χ1) is 20.8. The molecule has 0 aliphatic heterocycles. The highest BCUT2D eigenvalue weighted by Crippen LogP contribution is 2.28. The highest BCUT2D eigenvalue weighted by molar-refractivity contribution is 6.35. The number of esters is 1. The van der Waals surface area contributed by atoms with E-state index >= 15 is 0 Å². The Labute approximate surface area is 255 Å². The van der Waals surface area contributed by atoms with E-state index in [4.69, 9.17) is 16.3 Å². The van der Waals surface area contributed by atoms with Crippen molar-refractivity contribution in [2.45, 2.75) is 45.8 Å². The predicted octanol–water partition coefficient (Wildman–Crippen LogP) is 3.51. The van der Waals surface area contributed by atoms with Crippen molar-refractivity contribution in [3.63, 3.8) is 0 Å². The lowest BCUT2D eigenvalue weighted by Gasteiger charge is -2.21. The largest absolute Gasteiger partial charge is 0.469 e. The van der Waals surface area contributed by atoms with Crippen LogP contribution in [-0.4, -0.2) is 58.0 Å². The number of imidazole rings is 1. The van der Waals surface area contributed by atoms with Crippen molar-refractivity contribution >= 4 is 57.5 Å². The van der Waals surface area contributed by atoms with Crippen molar-refractivity contribution in [2.75, 3.05) is 12.4 Å². The minimum Gasteiger partial charge on any atom is -0.469 e. The van der Waals surface area contributed by atoms with Crippen LogP contribution in [0.15, 0.2) is 46.1 Å². The normalized spacial score (nSPS) is 11.7. The van der Waals surface area contributed by atoms with Gasteiger partial charge in [0.1, 0.15) is 17.2 Å². The molecule has 0 saturated carbocycles. The maximum absolute atomic E-state index is 13.9. The molecule has 0 aliphatic rings. The van der Waals surface area contributed by atoms with Gasteiger partial charge in [-0.3, -0.25) is 18.7 Å². The number of nitrogens with one attached hydrogen (secondary N) is 1. The third-order valence-electron chi connectivity index (χ3n) is 6.85. The first-order valence-electron chi connectivity index (χ1n) is 13.6. The molecule has 0 fully saturated rings. The van der Waals surface area contributed by atoms with Crippen molar-refractivity contribution in [3.8, 4) is 0 Å². The second kappa shape index (κ2) is 11.6. The third-order valence-corrected chi connectivity index (χ3v) is 7.18. The molecule has 0 bridgehead atoms. The fourth-order valence-corrected chi connectivity index (χ4v) is 4.99. The molecule has 5 aromatic rings. The number of nitrogens with zero attached hydrogens (tertiary/aromatic N) is 7. The molecule has 1 N–H and O–H groups in total. The SMILES string of the molecule is COC(=O)CCc1nccc(Nc2nc3c(c(=O)n(Cc4cc5c(Cl)cccc5n4C(=O)OC(C)(C)C)c(=O)n3C)n2C)n1. The maximum atomic E-state index is 13.9. The number of carbonyl (C=O) groups is 2. The van der Waals surface area contributed by atoms with Crippen LogP contribution in [0.3, 0.4) is 0 Å². The summed E-state index contributed by atoms with van der Waals surface area (Å²) in [5, 5.41) is 4.04. The van der Waals surface area contributed by atoms with E-state index in [0.717, 1.165) is 4.57 Å². The van der Waals surface area contributed by atoms with Crippen molar-refractivity contribution in [3.05, 3.63) is 73.9 Å². The van der Waals surface area contributed by atoms with Gasteiger partial charge in [0.05, 0.1) is 31.3 Å². The second-order valence-electron chi connectivity index (χ2n) is 11.1. The molecule has 44 heavy (non-hydrogen) atoms. The van der Waals surface area contributed by atoms with E-state index in [1.165, 1.54) is 34.1 Å². The standard InChI is InChI=1S/C29H31ClN8O6/c1-29(2,3)44-28(42)38-16(14-17-18(30)8-7-9-19(17)38)15-37-25(40)23-24(36(5)27(37)41)34-26(35(23)4)33-21-12-13-31-20(32-21)10-11-22(39)43-6/h7-9,12-14H,10-11,15H2,1-6H3,(H,31,32,33,34). The fraction of sp³-hybridized carbons (Fsp3) is 0.345. The molecule has 0 radical (unpaired) electrons. The molecule has 5 rings (SSSR count). The molecular formula is C29H31ClN8O6. The van der Waals surface area contributed by atoms with E-state index in [1.807, 2.05) is 0 Å². The molecule has 0 amide bonds. The van der Waals surface area contributed by atoms with Crippen LogP contribution in [0.1, 0.15) is 38.7 Å². The van der Waals surface area contributed by atoms with E-state index in [-0.39, 0.29) is 42.5 Å². The minimum absolute atomic E-state index is 0.118. The van der Waals surface area contributed by atoms with Gasteiger partial charge in [-0.05, 0) is 45.0 Å². The Hall–Kier alpha value is -4.98. The van der Waals surface area contributed by atoms with Gasteiger partial charge >= 0.3 is 17.8 Å². The molecule has 4 aromatic heterocycles. The number of benzene rings is 1. The monoisotopic (exact) mass is 622 g/mol. The van der Waals surface area contributed by atoms with E-state index in [2.05, 4.69) is 25.0 Å². The van der Waals surface area contributed by atoms with Gasteiger partial charge in [-0.2, -0.15) is 4.98 Å². The average molecular weight is 623 g/mol. The lowest BCUT2D eigenvalue weighted by molar-refractivity contribution is -0.140. The topological polar surface area (TPSA) is 157 Å². The van der Waals surface area contributed by atoms with Crippen molar-refractivity contribution in [1.29, 1.82) is 0 Å². The number of fused-ring (bicyclic) bond motifs is 2. The Balaban J connectivity index is 1.56. The number of carbonyl (C=O) groups excluding carboxylic acids is 2. The van der Waals surface area contributed by atoms with Crippen LogP contribution >= 0.6 is 11.6 Å². The van der Waals surface area contributed by atoms with E-state index in [1.54, 1.807) is 58.2 Å². The zero-order chi connectivity index (χ0) is 31.9. The number of aromatic nitrogens is 7. The van der Waals surface area contributed by atoms with Crippen LogP contribution in [0.4, 0.5) is 16.6 Å². The summed E-state index contributed by atoms with van der Waals surface area (Å²) in [6, 6.07) is 8.39. The highest BCUT2D eigenvalue weighted by atomic mass is 35.5. The molecule has 0 saturated heterocycles. The molecule has 0 atom stereocenters. The van der Waals surface area contributed by atoms with Crippen LogP contribution < -0.4 is 16.6 Å². The Morgan fingerprint density at radius 1 is 1.07 bits per heavy atom. The Kier molecular flexibility index (Phi) is 8.04. The van der Waals surface area contributed by atoms with E-state index in [0.29, 0.717) is 33.3 Å². The lowest BCUT2D eigenvalue weighted by Crippen LogP contribution is -2.40. The van der Waals surface area contributed by atoms with Crippen molar-refractivity contribution in [2.24, 2.45) is 14.1 Å². The molecular weight excluding hydrogens is 592 g/mol. The Morgan fingerprint density at radius 2 is 1.82 bits per heavy atom. The summed E-state index contributed by atoms with van der Waals surface area (Å²) in [6.07, 6.45) is 1.25. The van der Waals surface area contributed by atoms with Gasteiger partial charge < -0.3 is 19.4 Å². The number of methoxy groups -OCH3 is 1. The van der Waals surface area contributed by atoms with Gasteiger partial charge in [0.25, 0.3) is 5.56 Å². The van der Waals surface area contributed by atoms with Gasteiger partial charge in [-0.1, -0.05) is 17.7 Å². The first-order valence-corrected chi connectivity index (χ1v) is 14.0. The summed E-state index contributed by atoms with van der Waals surface area (Å²) in [5.41, 5.74) is -0.924. The first kappa shape index (κ1) is 30.5. The molecule has 230 valence electrons. The van der Waals surface area contributed by atoms with E-state index < -0.39 is 22.9 Å². The molecule has 15 heteroatoms. The number of rotatable bonds is 7. The van der Waals surface area contributed by atoms with Gasteiger partial charge in [0.2, 0.25) is 5.95 Å². The molecule has 0 spiro atoms. The van der Waals surface area contributed by atoms with Gasteiger partial charge in [-0.15, -0.1) is 0 Å². The van der Waals surface area contributed by atoms with Gasteiger partial charge in [-0.25, -0.2) is 24.1 Å². The lowest BCUT2D eigenvalue weighted by atomic mass is 10.2. The smallest absolute Gasteiger partial charge is 0.419 e. The molecule has 0 unspecified atom stereocenters. The summed E-state index contributed by atoms with van der Waals surface area (Å²) >= 11 is 6.44. The van der Waals surface area contributed by atoms with Crippen LogP contribution in [0.5, 0.6) is 0 Å². The fourth-order valence-electron chi connectivity index (χ4n) is 4.77. The number of anilines is 2. The summed E-state index contributed by atoms with van der Waals surface area (Å²) in [4.78, 5) is 65.3. The zero-order valence-electron chi connectivity index (χ0n) is 25.0. The molecule has 0 aliphatic carbocycles. The van der Waals surface area contributed by atoms with Crippen LogP contribution in [0.25, 0.3) is 22.1 Å². The molecule has 4 heterocycles. The summed E-state index contributed by atoms with van der Waals surface area (Å²) in [6.45, 7) is 5.00. The summed E-state index contributed by atoms with van der Waals surface area (Å²) in [5.74, 6) is 0.656. The van der Waals surface area contributed by atoms with Crippen LogP contribution in [0, 0.1) is 0 Å². The Morgan fingerprint density at radius 3 is 2.52 bits per heavy atom. The summed E-state index contributed by atoms with van der Waals surface area (Å²) < 4.78 is 15.4.